The summed E-state index contributed by atoms with van der Waals surface area (Å²) in [6.45, 7) is 17.4. The summed E-state index contributed by atoms with van der Waals surface area (Å²) in [7, 11) is 3.48. The molecule has 4 N–H and O–H groups in total. The predicted octanol–water partition coefficient (Wildman–Crippen LogP) is 2.40. The third-order valence-electron chi connectivity index (χ3n) is 13.2. The lowest BCUT2D eigenvalue weighted by Crippen LogP contribution is -2.62. The zero-order valence-electron chi connectivity index (χ0n) is 38.7. The molecule has 0 radical (unpaired) electrons. The van der Waals surface area contributed by atoms with Gasteiger partial charge in [-0.2, -0.15) is 0 Å². The second-order valence-corrected chi connectivity index (χ2v) is 20.3. The number of sulfonamides is 1. The third kappa shape index (κ3) is 12.7. The minimum Gasteiger partial charge on any atom is -0.459 e. The molecule has 0 aromatic carbocycles. The molecule has 0 aromatic heterocycles. The van der Waals surface area contributed by atoms with Gasteiger partial charge in [0.25, 0.3) is 0 Å². The molecule has 3 fully saturated rings. The normalized spacial score (nSPS) is 44.4. The number of methoxy groups -OCH3 is 2. The minimum absolute atomic E-state index is 0.0895. The smallest absolute Gasteiger partial charge is 0.311 e. The summed E-state index contributed by atoms with van der Waals surface area (Å²) in [5.41, 5.74) is -4.34. The monoisotopic (exact) mass is 883 g/mol. The molecule has 3 rings (SSSR count). The number of cyclic esters (lactones) is 1. The number of carbonyl (C=O) groups excluding carboxylic acids is 2. The lowest BCUT2D eigenvalue weighted by molar-refractivity contribution is -0.322. The van der Waals surface area contributed by atoms with Gasteiger partial charge < -0.3 is 58.1 Å². The number of likely N-dealkylation sites (N-methyl/N-ethyl adjacent to an activating group) is 1. The molecule has 0 bridgehead atoms. The fourth-order valence-electron chi connectivity index (χ4n) is 9.30. The molecule has 3 heterocycles. The van der Waals surface area contributed by atoms with E-state index in [2.05, 4.69) is 4.72 Å². The van der Waals surface area contributed by atoms with Crippen LogP contribution in [0.4, 0.5) is 0 Å². The summed E-state index contributed by atoms with van der Waals surface area (Å²) >= 11 is 0. The maximum atomic E-state index is 14.4. The van der Waals surface area contributed by atoms with Crippen molar-refractivity contribution in [2.75, 3.05) is 47.7 Å². The topological polar surface area (TPSA) is 218 Å². The Morgan fingerprint density at radius 3 is 2.05 bits per heavy atom. The van der Waals surface area contributed by atoms with Crippen LogP contribution in [0.25, 0.3) is 0 Å². The molecule has 17 nitrogen and oxygen atoms in total. The van der Waals surface area contributed by atoms with Gasteiger partial charge in [-0.3, -0.25) is 9.59 Å². The van der Waals surface area contributed by atoms with Crippen LogP contribution in [0.2, 0.25) is 0 Å². The molecule has 18 heteroatoms. The second kappa shape index (κ2) is 21.5. The van der Waals surface area contributed by atoms with Crippen LogP contribution in [0.3, 0.4) is 0 Å². The number of nitrogens with one attached hydrogen (secondary N) is 1. The van der Waals surface area contributed by atoms with E-state index in [1.54, 1.807) is 41.5 Å². The third-order valence-corrected chi connectivity index (χ3v) is 14.0. The predicted molar refractivity (Wildman–Crippen MR) is 222 cm³/mol. The van der Waals surface area contributed by atoms with E-state index in [9.17, 15) is 33.3 Å². The largest absolute Gasteiger partial charge is 0.459 e. The van der Waals surface area contributed by atoms with Crippen molar-refractivity contribution in [3.63, 3.8) is 0 Å². The van der Waals surface area contributed by atoms with Crippen LogP contribution in [0.1, 0.15) is 101 Å². The SMILES string of the molecule is CC[C@H]1OC(=O)[C@H](C)[C@@H](O[C@H]2C[C@@](C)(OC)[C@@H](O)[C@H](C)O2)[C@H](C)[C@@H](O[C@@H]2O[C@H](C)C[C@H](N(C)C)[C@H]2OCCCNS(C)(=O)=O)[C@@](C)(OC)C[C@@H](C)C(=O)[C@H](C)[C@@H](O)[C@]1(C)O. The first-order chi connectivity index (χ1) is 27.7. The van der Waals surface area contributed by atoms with Crippen LogP contribution in [-0.4, -0.2) is 172 Å². The molecule has 0 amide bonds. The number of esters is 1. The fraction of sp³-hybridized carbons (Fsp3) is 0.952. The summed E-state index contributed by atoms with van der Waals surface area (Å²) in [4.78, 5) is 30.6. The number of rotatable bonds is 14. The number of hydrogen-bond donors (Lipinski definition) is 4. The van der Waals surface area contributed by atoms with Gasteiger partial charge in [0.2, 0.25) is 10.0 Å². The van der Waals surface area contributed by atoms with Crippen LogP contribution >= 0.6 is 0 Å². The Morgan fingerprint density at radius 2 is 1.50 bits per heavy atom. The molecule has 3 aliphatic heterocycles. The molecule has 0 unspecified atom stereocenters. The van der Waals surface area contributed by atoms with Gasteiger partial charge in [-0.05, 0) is 81.3 Å². The molecule has 60 heavy (non-hydrogen) atoms. The van der Waals surface area contributed by atoms with E-state index in [1.807, 2.05) is 39.8 Å². The van der Waals surface area contributed by atoms with Crippen molar-refractivity contribution < 1.29 is 71.2 Å². The average Bonchev–Trinajstić information content (AvgIpc) is 3.17. The van der Waals surface area contributed by atoms with E-state index in [-0.39, 0.29) is 50.3 Å². The van der Waals surface area contributed by atoms with Crippen molar-refractivity contribution in [3.05, 3.63) is 0 Å². The van der Waals surface area contributed by atoms with Crippen molar-refractivity contribution in [1.29, 1.82) is 0 Å². The number of hydrogen-bond acceptors (Lipinski definition) is 16. The molecule has 0 spiro atoms. The van der Waals surface area contributed by atoms with Gasteiger partial charge in [0.05, 0.1) is 53.9 Å². The van der Waals surface area contributed by atoms with E-state index < -0.39 is 112 Å². The van der Waals surface area contributed by atoms with Gasteiger partial charge in [0.1, 0.15) is 29.7 Å². The maximum absolute atomic E-state index is 14.4. The number of ketones is 1. The first kappa shape index (κ1) is 53.0. The first-order valence-electron chi connectivity index (χ1n) is 21.4. The summed E-state index contributed by atoms with van der Waals surface area (Å²) in [6.07, 6.45) is -7.03. The zero-order chi connectivity index (χ0) is 45.7. The molecule has 18 atom stereocenters. The van der Waals surface area contributed by atoms with Crippen LogP contribution in [0, 0.1) is 23.7 Å². The summed E-state index contributed by atoms with van der Waals surface area (Å²) in [5.74, 6) is -4.62. The summed E-state index contributed by atoms with van der Waals surface area (Å²) in [5, 5.41) is 34.3. The highest BCUT2D eigenvalue weighted by Gasteiger charge is 2.54. The van der Waals surface area contributed by atoms with Crippen LogP contribution in [-0.2, 0) is 57.5 Å². The zero-order valence-corrected chi connectivity index (χ0v) is 39.5. The number of Topliss-reactive ketones (excluding diaryl/α,β-unsaturated/α-hetero) is 1. The van der Waals surface area contributed by atoms with Crippen molar-refractivity contribution in [1.82, 2.24) is 9.62 Å². The van der Waals surface area contributed by atoms with Crippen molar-refractivity contribution in [3.8, 4) is 0 Å². The van der Waals surface area contributed by atoms with Gasteiger partial charge in [0, 0.05) is 57.6 Å². The van der Waals surface area contributed by atoms with Gasteiger partial charge in [-0.15, -0.1) is 0 Å². The number of aliphatic hydroxyl groups is 3. The Labute approximate surface area is 358 Å². The van der Waals surface area contributed by atoms with E-state index in [1.165, 1.54) is 21.1 Å². The highest BCUT2D eigenvalue weighted by molar-refractivity contribution is 7.88. The van der Waals surface area contributed by atoms with Gasteiger partial charge >= 0.3 is 5.97 Å². The number of ether oxygens (including phenoxy) is 8. The van der Waals surface area contributed by atoms with Crippen LogP contribution in [0.5, 0.6) is 0 Å². The molecule has 3 saturated heterocycles. The number of carbonyl (C=O) groups is 2. The fourth-order valence-corrected chi connectivity index (χ4v) is 9.82. The summed E-state index contributed by atoms with van der Waals surface area (Å²) in [6, 6.07) is -0.193. The van der Waals surface area contributed by atoms with Crippen molar-refractivity contribution >= 4 is 21.8 Å². The Kier molecular flexibility index (Phi) is 19.0. The molecule has 0 aliphatic carbocycles. The highest BCUT2D eigenvalue weighted by Crippen LogP contribution is 2.42. The average molecular weight is 883 g/mol. The Balaban J connectivity index is 2.23. The Bertz CT molecular complexity index is 1500. The van der Waals surface area contributed by atoms with Gasteiger partial charge in [-0.25, -0.2) is 13.1 Å². The van der Waals surface area contributed by atoms with E-state index in [0.717, 1.165) is 6.26 Å². The quantitative estimate of drug-likeness (QED) is 0.146. The van der Waals surface area contributed by atoms with E-state index >= 15 is 0 Å². The van der Waals surface area contributed by atoms with E-state index in [4.69, 9.17) is 37.9 Å². The van der Waals surface area contributed by atoms with Gasteiger partial charge in [-0.1, -0.05) is 27.7 Å². The number of nitrogens with zero attached hydrogens (tertiary/aromatic N) is 1. The Morgan fingerprint density at radius 1 is 0.883 bits per heavy atom. The maximum Gasteiger partial charge on any atom is 0.311 e. The second-order valence-electron chi connectivity index (χ2n) is 18.5. The molecular weight excluding hydrogens is 805 g/mol. The summed E-state index contributed by atoms with van der Waals surface area (Å²) < 4.78 is 77.4. The molecule has 0 aromatic rings. The molecule has 0 saturated carbocycles. The molecular formula is C42H78N2O15S. The van der Waals surface area contributed by atoms with Crippen molar-refractivity contribution in [2.45, 2.75) is 186 Å². The molecule has 352 valence electrons. The minimum atomic E-state index is -3.40. The first-order valence-corrected chi connectivity index (χ1v) is 23.3. The highest BCUT2D eigenvalue weighted by atomic mass is 32.2. The number of aliphatic hydroxyl groups excluding tert-OH is 2. The van der Waals surface area contributed by atoms with E-state index in [0.29, 0.717) is 12.8 Å². The lowest BCUT2D eigenvalue weighted by Gasteiger charge is -2.50. The van der Waals surface area contributed by atoms with Crippen LogP contribution in [0.15, 0.2) is 0 Å². The van der Waals surface area contributed by atoms with Crippen LogP contribution < -0.4 is 4.72 Å². The Hall–Kier alpha value is -1.39. The standard InChI is InChI=1S/C42H78N2O15S/c1-16-30-42(10,49)35(46)25(4)32(45)23(2)21-41(9,53-14)37(59-39-34(29(44(11)12)20-24(3)55-39)54-19-17-18-43-60(15,50)51)26(5)33(27(6)38(48)57-30)58-31-22-40(8,52-13)36(47)28(7)56-31/h23-31,33-37,39,43,46-47,49H,16-22H2,1-15H3/t23-,24-,25+,26+,27-,28+,29+,30-,31+,33+,34-,35-,36+,37-,39+,40-,41+,42-/m1/s1. The molecule has 3 aliphatic rings. The van der Waals surface area contributed by atoms with Crippen molar-refractivity contribution in [2.24, 2.45) is 23.7 Å². The van der Waals surface area contributed by atoms with Gasteiger partial charge in [0.15, 0.2) is 12.6 Å². The lowest BCUT2D eigenvalue weighted by atomic mass is 9.74.